The second kappa shape index (κ2) is 11.6. The molecule has 0 bridgehead atoms. The van der Waals surface area contributed by atoms with E-state index in [9.17, 15) is 9.59 Å². The maximum absolute atomic E-state index is 9.37. The van der Waals surface area contributed by atoms with Gasteiger partial charge in [0.25, 0.3) is 0 Å². The molecule has 7 heteroatoms. The predicted molar refractivity (Wildman–Crippen MR) is 61.7 cm³/mol. The van der Waals surface area contributed by atoms with E-state index < -0.39 is 18.2 Å². The van der Waals surface area contributed by atoms with Gasteiger partial charge in [0.1, 0.15) is 0 Å². The summed E-state index contributed by atoms with van der Waals surface area (Å²) in [6.45, 7) is 3.20. The lowest BCUT2D eigenvalue weighted by Gasteiger charge is -1.93. The van der Waals surface area contributed by atoms with Gasteiger partial charge in [-0.1, -0.05) is 13.8 Å². The third kappa shape index (κ3) is 14.1. The van der Waals surface area contributed by atoms with Gasteiger partial charge in [0, 0.05) is 12.8 Å². The summed E-state index contributed by atoms with van der Waals surface area (Å²) in [5.74, 6) is -1.32. The van der Waals surface area contributed by atoms with Crippen molar-refractivity contribution in [2.45, 2.75) is 33.0 Å². The fourth-order valence-corrected chi connectivity index (χ4v) is 0.438. The summed E-state index contributed by atoms with van der Waals surface area (Å²) in [7, 11) is 0. The van der Waals surface area contributed by atoms with Crippen LogP contribution in [0.3, 0.4) is 0 Å². The Kier molecular flexibility index (Phi) is 11.9. The average molecular weight is 262 g/mol. The van der Waals surface area contributed by atoms with Gasteiger partial charge in [0.05, 0.1) is 6.26 Å². The normalized spacial score (nSPS) is 8.72. The maximum Gasteiger partial charge on any atom is 0.303 e. The SMILES string of the molecule is CCC(=O)O.CCC(=O)O.OC(O)c1ccco1. The van der Waals surface area contributed by atoms with Crippen LogP contribution in [0.5, 0.6) is 0 Å². The van der Waals surface area contributed by atoms with Crippen LogP contribution < -0.4 is 0 Å². The molecule has 1 heterocycles. The molecule has 0 amide bonds. The van der Waals surface area contributed by atoms with Crippen molar-refractivity contribution in [2.24, 2.45) is 0 Å². The Bertz CT molecular complexity index is 302. The number of hydrogen-bond acceptors (Lipinski definition) is 5. The summed E-state index contributed by atoms with van der Waals surface area (Å²) in [6, 6.07) is 3.08. The minimum atomic E-state index is -1.48. The van der Waals surface area contributed by atoms with Gasteiger partial charge in [0.15, 0.2) is 5.76 Å². The van der Waals surface area contributed by atoms with E-state index in [1.165, 1.54) is 12.3 Å². The number of carboxylic acid groups (broad SMARTS) is 2. The van der Waals surface area contributed by atoms with Gasteiger partial charge in [-0.25, -0.2) is 0 Å². The van der Waals surface area contributed by atoms with Crippen LogP contribution in [0, 0.1) is 0 Å². The van der Waals surface area contributed by atoms with Crippen molar-refractivity contribution in [3.63, 3.8) is 0 Å². The van der Waals surface area contributed by atoms with E-state index in [2.05, 4.69) is 4.42 Å². The van der Waals surface area contributed by atoms with Crippen LogP contribution in [0.25, 0.3) is 0 Å². The topological polar surface area (TPSA) is 128 Å². The third-order valence-electron chi connectivity index (χ3n) is 1.40. The van der Waals surface area contributed by atoms with Crippen LogP contribution in [-0.2, 0) is 9.59 Å². The number of aliphatic hydroxyl groups excluding tert-OH is 1. The van der Waals surface area contributed by atoms with Crippen molar-refractivity contribution in [3.05, 3.63) is 24.2 Å². The number of rotatable bonds is 3. The smallest absolute Gasteiger partial charge is 0.303 e. The fourth-order valence-electron chi connectivity index (χ4n) is 0.438. The zero-order chi connectivity index (χ0) is 14.6. The number of aliphatic hydroxyl groups is 2. The molecule has 4 N–H and O–H groups in total. The van der Waals surface area contributed by atoms with E-state index in [0.717, 1.165) is 0 Å². The molecule has 1 aromatic rings. The summed E-state index contributed by atoms with van der Waals surface area (Å²) in [4.78, 5) is 18.7. The molecule has 0 fully saturated rings. The van der Waals surface area contributed by atoms with E-state index >= 15 is 0 Å². The Hall–Kier alpha value is -1.86. The third-order valence-corrected chi connectivity index (χ3v) is 1.40. The highest BCUT2D eigenvalue weighted by Gasteiger charge is 2.01. The minimum Gasteiger partial charge on any atom is -0.481 e. The molecule has 104 valence electrons. The van der Waals surface area contributed by atoms with Crippen LogP contribution in [0.15, 0.2) is 22.8 Å². The molecule has 1 rings (SSSR count). The van der Waals surface area contributed by atoms with Crippen LogP contribution in [-0.4, -0.2) is 32.4 Å². The first-order chi connectivity index (χ1) is 8.34. The zero-order valence-electron chi connectivity index (χ0n) is 10.2. The van der Waals surface area contributed by atoms with E-state index in [4.69, 9.17) is 20.4 Å². The molecule has 1 aromatic heterocycles. The van der Waals surface area contributed by atoms with Crippen molar-refractivity contribution >= 4 is 11.9 Å². The van der Waals surface area contributed by atoms with Crippen LogP contribution in [0.2, 0.25) is 0 Å². The largest absolute Gasteiger partial charge is 0.481 e. The molecule has 0 atom stereocenters. The maximum atomic E-state index is 9.37. The first kappa shape index (κ1) is 18.5. The van der Waals surface area contributed by atoms with E-state index in [1.54, 1.807) is 19.9 Å². The van der Waals surface area contributed by atoms with Gasteiger partial charge in [0.2, 0.25) is 6.29 Å². The minimum absolute atomic E-state index is 0.171. The first-order valence-electron chi connectivity index (χ1n) is 5.18. The molecule has 0 saturated heterocycles. The van der Waals surface area contributed by atoms with Crippen molar-refractivity contribution in [2.75, 3.05) is 0 Å². The number of aliphatic carboxylic acids is 2. The number of furan rings is 1. The first-order valence-corrected chi connectivity index (χ1v) is 5.18. The summed E-state index contributed by atoms with van der Waals surface area (Å²) in [6.07, 6.45) is 0.347. The molecule has 0 aliphatic carbocycles. The lowest BCUT2D eigenvalue weighted by molar-refractivity contribution is -0.137. The molecule has 0 unspecified atom stereocenters. The van der Waals surface area contributed by atoms with Gasteiger partial charge in [-0.05, 0) is 12.1 Å². The standard InChI is InChI=1S/C5H6O3.2C3H6O2/c6-5(7)4-2-1-3-8-4;2*1-2-3(4)5/h1-3,5-7H;2*2H2,1H3,(H,4,5). The predicted octanol–water partition coefficient (Wildman–Crippen LogP) is 1.22. The monoisotopic (exact) mass is 262 g/mol. The summed E-state index contributed by atoms with van der Waals surface area (Å²) in [5, 5.41) is 32.2. The van der Waals surface area contributed by atoms with Crippen LogP contribution in [0.1, 0.15) is 38.7 Å². The number of carboxylic acids is 2. The summed E-state index contributed by atoms with van der Waals surface area (Å²) in [5.41, 5.74) is 0. The second-order valence-electron chi connectivity index (χ2n) is 2.88. The molecule has 0 radical (unpaired) electrons. The van der Waals surface area contributed by atoms with Gasteiger partial charge in [-0.15, -0.1) is 0 Å². The Morgan fingerprint density at radius 3 is 1.67 bits per heavy atom. The van der Waals surface area contributed by atoms with Crippen molar-refractivity contribution in [3.8, 4) is 0 Å². The Balaban J connectivity index is 0. The summed E-state index contributed by atoms with van der Waals surface area (Å²) < 4.78 is 4.59. The highest BCUT2D eigenvalue weighted by atomic mass is 16.5. The van der Waals surface area contributed by atoms with Gasteiger partial charge in [-0.2, -0.15) is 0 Å². The Morgan fingerprint density at radius 1 is 1.17 bits per heavy atom. The quantitative estimate of drug-likeness (QED) is 0.603. The van der Waals surface area contributed by atoms with Crippen molar-refractivity contribution < 1.29 is 34.4 Å². The van der Waals surface area contributed by atoms with Gasteiger partial charge < -0.3 is 24.8 Å². The molecule has 0 saturated carbocycles. The van der Waals surface area contributed by atoms with Crippen molar-refractivity contribution in [1.82, 2.24) is 0 Å². The van der Waals surface area contributed by atoms with Gasteiger partial charge >= 0.3 is 11.9 Å². The number of carbonyl (C=O) groups is 2. The molecular weight excluding hydrogens is 244 g/mol. The zero-order valence-corrected chi connectivity index (χ0v) is 10.2. The van der Waals surface area contributed by atoms with E-state index in [-0.39, 0.29) is 18.6 Å². The molecule has 0 spiro atoms. The van der Waals surface area contributed by atoms with Crippen LogP contribution >= 0.6 is 0 Å². The van der Waals surface area contributed by atoms with Gasteiger partial charge in [-0.3, -0.25) is 9.59 Å². The lowest BCUT2D eigenvalue weighted by atomic mass is 10.4. The second-order valence-corrected chi connectivity index (χ2v) is 2.88. The highest BCUT2D eigenvalue weighted by Crippen LogP contribution is 2.07. The molecule has 0 aromatic carbocycles. The van der Waals surface area contributed by atoms with E-state index in [0.29, 0.717) is 0 Å². The van der Waals surface area contributed by atoms with Crippen molar-refractivity contribution in [1.29, 1.82) is 0 Å². The molecular formula is C11H18O7. The molecule has 18 heavy (non-hydrogen) atoms. The number of hydrogen-bond donors (Lipinski definition) is 4. The summed E-state index contributed by atoms with van der Waals surface area (Å²) >= 11 is 0. The molecule has 7 nitrogen and oxygen atoms in total. The lowest BCUT2D eigenvalue weighted by Crippen LogP contribution is -1.89. The fraction of sp³-hybridized carbons (Fsp3) is 0.455. The molecule has 0 aliphatic heterocycles. The Morgan fingerprint density at radius 2 is 1.56 bits per heavy atom. The van der Waals surface area contributed by atoms with E-state index in [1.807, 2.05) is 0 Å². The molecule has 0 aliphatic rings. The van der Waals surface area contributed by atoms with Crippen LogP contribution in [0.4, 0.5) is 0 Å². The highest BCUT2D eigenvalue weighted by molar-refractivity contribution is 5.66. The Labute approximate surface area is 104 Å². The average Bonchev–Trinajstić information content (AvgIpc) is 2.84.